The average molecular weight is 292 g/mol. The molecule has 6 nitrogen and oxygen atoms in total. The molecule has 1 fully saturated rings. The van der Waals surface area contributed by atoms with E-state index in [1.165, 1.54) is 0 Å². The molecule has 2 heterocycles. The van der Waals surface area contributed by atoms with Crippen LogP contribution in [-0.2, 0) is 6.54 Å². The Labute approximate surface area is 126 Å². The van der Waals surface area contributed by atoms with E-state index in [1.54, 1.807) is 32.3 Å². The molecule has 0 bridgehead atoms. The van der Waals surface area contributed by atoms with Gasteiger partial charge in [-0.05, 0) is 18.9 Å². The Morgan fingerprint density at radius 3 is 2.81 bits per heavy atom. The molecule has 1 aromatic rings. The number of amides is 2. The van der Waals surface area contributed by atoms with Crippen molar-refractivity contribution in [3.8, 4) is 5.88 Å². The number of aromatic nitrogens is 1. The lowest BCUT2D eigenvalue weighted by Gasteiger charge is -2.34. The van der Waals surface area contributed by atoms with E-state index < -0.39 is 0 Å². The summed E-state index contributed by atoms with van der Waals surface area (Å²) in [7, 11) is 5.22. The van der Waals surface area contributed by atoms with E-state index in [1.807, 2.05) is 17.0 Å². The number of nitrogens with zero attached hydrogens (tertiary/aromatic N) is 3. The molecular formula is C15H24N4O2. The summed E-state index contributed by atoms with van der Waals surface area (Å²) in [5.74, 6) is 0.672. The smallest absolute Gasteiger partial charge is 0.319 e. The van der Waals surface area contributed by atoms with Crippen LogP contribution in [0.4, 0.5) is 4.79 Å². The molecule has 0 unspecified atom stereocenters. The standard InChI is InChI=1S/C15H24N4O2/c1-18(2)15(20)19-9-6-13(7-10-19)17-11-12-5-4-8-16-14(12)21-3/h4-5,8,13,17H,6-7,9-11H2,1-3H3. The van der Waals surface area contributed by atoms with Crippen LogP contribution in [0.3, 0.4) is 0 Å². The normalized spacial score (nSPS) is 15.9. The van der Waals surface area contributed by atoms with Crippen molar-refractivity contribution in [3.63, 3.8) is 0 Å². The Bertz CT molecular complexity index is 470. The highest BCUT2D eigenvalue weighted by Gasteiger charge is 2.23. The molecule has 2 amide bonds. The molecule has 0 saturated carbocycles. The quantitative estimate of drug-likeness (QED) is 0.909. The molecule has 1 aliphatic rings. The minimum absolute atomic E-state index is 0.0994. The number of likely N-dealkylation sites (tertiary alicyclic amines) is 1. The van der Waals surface area contributed by atoms with Crippen LogP contribution in [0.2, 0.25) is 0 Å². The Morgan fingerprint density at radius 2 is 2.19 bits per heavy atom. The zero-order chi connectivity index (χ0) is 15.2. The molecule has 0 radical (unpaired) electrons. The van der Waals surface area contributed by atoms with Crippen molar-refractivity contribution in [1.82, 2.24) is 20.1 Å². The molecule has 116 valence electrons. The molecule has 0 spiro atoms. The van der Waals surface area contributed by atoms with E-state index >= 15 is 0 Å². The van der Waals surface area contributed by atoms with Crippen LogP contribution < -0.4 is 10.1 Å². The molecule has 6 heteroatoms. The predicted octanol–water partition coefficient (Wildman–Crippen LogP) is 1.33. The number of rotatable bonds is 4. The molecular weight excluding hydrogens is 268 g/mol. The van der Waals surface area contributed by atoms with Gasteiger partial charge in [0.05, 0.1) is 7.11 Å². The van der Waals surface area contributed by atoms with Crippen LogP contribution in [0, 0.1) is 0 Å². The van der Waals surface area contributed by atoms with Crippen LogP contribution in [0.1, 0.15) is 18.4 Å². The molecule has 0 aliphatic carbocycles. The van der Waals surface area contributed by atoms with E-state index in [-0.39, 0.29) is 6.03 Å². The zero-order valence-electron chi connectivity index (χ0n) is 13.0. The summed E-state index contributed by atoms with van der Waals surface area (Å²) in [6.07, 6.45) is 3.68. The zero-order valence-corrected chi connectivity index (χ0v) is 13.0. The number of methoxy groups -OCH3 is 1. The van der Waals surface area contributed by atoms with Crippen LogP contribution >= 0.6 is 0 Å². The van der Waals surface area contributed by atoms with Crippen LogP contribution in [0.25, 0.3) is 0 Å². The highest BCUT2D eigenvalue weighted by Crippen LogP contribution is 2.16. The number of piperidine rings is 1. The van der Waals surface area contributed by atoms with Gasteiger partial charge in [-0.25, -0.2) is 9.78 Å². The van der Waals surface area contributed by atoms with E-state index in [2.05, 4.69) is 10.3 Å². The Balaban J connectivity index is 1.80. The fourth-order valence-corrected chi connectivity index (χ4v) is 2.55. The minimum Gasteiger partial charge on any atom is -0.481 e. The van der Waals surface area contributed by atoms with Crippen LogP contribution in [0.5, 0.6) is 5.88 Å². The van der Waals surface area contributed by atoms with Crippen molar-refractivity contribution >= 4 is 6.03 Å². The van der Waals surface area contributed by atoms with Gasteiger partial charge >= 0.3 is 6.03 Å². The number of hydrogen-bond acceptors (Lipinski definition) is 4. The fraction of sp³-hybridized carbons (Fsp3) is 0.600. The number of pyridine rings is 1. The maximum Gasteiger partial charge on any atom is 0.319 e. The average Bonchev–Trinajstić information content (AvgIpc) is 2.52. The molecule has 1 aromatic heterocycles. The molecule has 0 aromatic carbocycles. The second-order valence-corrected chi connectivity index (χ2v) is 5.49. The van der Waals surface area contributed by atoms with Crippen molar-refractivity contribution in [3.05, 3.63) is 23.9 Å². The van der Waals surface area contributed by atoms with Crippen molar-refractivity contribution in [1.29, 1.82) is 0 Å². The van der Waals surface area contributed by atoms with Gasteiger partial charge in [0.1, 0.15) is 0 Å². The fourth-order valence-electron chi connectivity index (χ4n) is 2.55. The molecule has 1 saturated heterocycles. The Hall–Kier alpha value is -1.82. The lowest BCUT2D eigenvalue weighted by atomic mass is 10.0. The van der Waals surface area contributed by atoms with Gasteiger partial charge < -0.3 is 19.9 Å². The SMILES string of the molecule is COc1ncccc1CNC1CCN(C(=O)N(C)C)CC1. The Kier molecular flexibility index (Phi) is 5.38. The summed E-state index contributed by atoms with van der Waals surface area (Å²) in [5.41, 5.74) is 1.06. The summed E-state index contributed by atoms with van der Waals surface area (Å²) in [4.78, 5) is 19.6. The first-order chi connectivity index (χ1) is 10.1. The van der Waals surface area contributed by atoms with E-state index in [0.717, 1.165) is 38.0 Å². The lowest BCUT2D eigenvalue weighted by molar-refractivity contribution is 0.152. The largest absolute Gasteiger partial charge is 0.481 e. The van der Waals surface area contributed by atoms with Gasteiger partial charge in [0.15, 0.2) is 0 Å². The minimum atomic E-state index is 0.0994. The monoisotopic (exact) mass is 292 g/mol. The van der Waals surface area contributed by atoms with Gasteiger partial charge in [-0.1, -0.05) is 6.07 Å². The summed E-state index contributed by atoms with van der Waals surface area (Å²) < 4.78 is 5.25. The van der Waals surface area contributed by atoms with Crippen LogP contribution in [0.15, 0.2) is 18.3 Å². The van der Waals surface area contributed by atoms with Gasteiger partial charge in [0.2, 0.25) is 5.88 Å². The summed E-state index contributed by atoms with van der Waals surface area (Å²) in [5, 5.41) is 3.53. The number of nitrogens with one attached hydrogen (secondary N) is 1. The number of urea groups is 1. The van der Waals surface area contributed by atoms with Crippen LogP contribution in [-0.4, -0.2) is 61.2 Å². The third-order valence-electron chi connectivity index (χ3n) is 3.77. The first kappa shape index (κ1) is 15.6. The third-order valence-corrected chi connectivity index (χ3v) is 3.77. The first-order valence-electron chi connectivity index (χ1n) is 7.29. The van der Waals surface area contributed by atoms with E-state index in [0.29, 0.717) is 11.9 Å². The van der Waals surface area contributed by atoms with Crippen molar-refractivity contribution in [2.24, 2.45) is 0 Å². The second-order valence-electron chi connectivity index (χ2n) is 5.49. The van der Waals surface area contributed by atoms with Crippen molar-refractivity contribution in [2.45, 2.75) is 25.4 Å². The second kappa shape index (κ2) is 7.26. The maximum atomic E-state index is 11.9. The van der Waals surface area contributed by atoms with Gasteiger partial charge in [-0.3, -0.25) is 0 Å². The Morgan fingerprint density at radius 1 is 1.48 bits per heavy atom. The van der Waals surface area contributed by atoms with Gasteiger partial charge in [-0.15, -0.1) is 0 Å². The predicted molar refractivity (Wildman–Crippen MR) is 81.3 cm³/mol. The molecule has 2 rings (SSSR count). The third kappa shape index (κ3) is 4.07. The van der Waals surface area contributed by atoms with E-state index in [9.17, 15) is 4.79 Å². The maximum absolute atomic E-state index is 11.9. The highest BCUT2D eigenvalue weighted by atomic mass is 16.5. The summed E-state index contributed by atoms with van der Waals surface area (Å²) >= 11 is 0. The number of carbonyl (C=O) groups is 1. The molecule has 1 N–H and O–H groups in total. The molecule has 0 atom stereocenters. The highest BCUT2D eigenvalue weighted by molar-refractivity contribution is 5.73. The lowest BCUT2D eigenvalue weighted by Crippen LogP contribution is -2.47. The van der Waals surface area contributed by atoms with Gasteiger partial charge in [0, 0.05) is 51.5 Å². The van der Waals surface area contributed by atoms with Crippen molar-refractivity contribution in [2.75, 3.05) is 34.3 Å². The number of ether oxygens (including phenoxy) is 1. The summed E-state index contributed by atoms with van der Waals surface area (Å²) in [6, 6.07) is 4.46. The van der Waals surface area contributed by atoms with Gasteiger partial charge in [0.25, 0.3) is 0 Å². The molecule has 21 heavy (non-hydrogen) atoms. The van der Waals surface area contributed by atoms with E-state index in [4.69, 9.17) is 4.74 Å². The topological polar surface area (TPSA) is 57.7 Å². The number of carbonyl (C=O) groups excluding carboxylic acids is 1. The first-order valence-corrected chi connectivity index (χ1v) is 7.29. The summed E-state index contributed by atoms with van der Waals surface area (Å²) in [6.45, 7) is 2.35. The van der Waals surface area contributed by atoms with Gasteiger partial charge in [-0.2, -0.15) is 0 Å². The van der Waals surface area contributed by atoms with Crippen molar-refractivity contribution < 1.29 is 9.53 Å². The molecule has 1 aliphatic heterocycles. The number of hydrogen-bond donors (Lipinski definition) is 1.